The SMILES string of the molecule is OC[C@]12CCOC[C@H]1CN(C1CCN(CCc3ccccc3)CC1)C2. The number of hydrogen-bond donors (Lipinski definition) is 1. The Morgan fingerprint density at radius 2 is 1.96 bits per heavy atom. The maximum absolute atomic E-state index is 10.00. The molecule has 1 aromatic carbocycles. The van der Waals surface area contributed by atoms with Crippen molar-refractivity contribution in [1.29, 1.82) is 0 Å². The fraction of sp³-hybridized carbons (Fsp3) is 0.714. The highest BCUT2D eigenvalue weighted by Gasteiger charge is 2.49. The number of likely N-dealkylation sites (tertiary alicyclic amines) is 2. The van der Waals surface area contributed by atoms with Crippen molar-refractivity contribution in [3.05, 3.63) is 35.9 Å². The van der Waals surface area contributed by atoms with Crippen molar-refractivity contribution in [3.8, 4) is 0 Å². The average Bonchev–Trinajstić information content (AvgIpc) is 3.08. The molecule has 25 heavy (non-hydrogen) atoms. The highest BCUT2D eigenvalue weighted by Crippen LogP contribution is 2.43. The van der Waals surface area contributed by atoms with Gasteiger partial charge < -0.3 is 14.7 Å². The van der Waals surface area contributed by atoms with Gasteiger partial charge in [0.15, 0.2) is 0 Å². The molecule has 0 aromatic heterocycles. The standard InChI is InChI=1S/C21H32N2O2/c24-17-21-9-13-25-15-19(21)14-23(16-21)20-7-11-22(12-8-20)10-6-18-4-2-1-3-5-18/h1-5,19-20,24H,6-17H2/t19-,21-/m1/s1. The van der Waals surface area contributed by atoms with E-state index in [2.05, 4.69) is 40.1 Å². The predicted molar refractivity (Wildman–Crippen MR) is 99.6 cm³/mol. The summed E-state index contributed by atoms with van der Waals surface area (Å²) in [5.41, 5.74) is 1.56. The smallest absolute Gasteiger partial charge is 0.0513 e. The minimum Gasteiger partial charge on any atom is -0.396 e. The Labute approximate surface area is 151 Å². The zero-order valence-corrected chi connectivity index (χ0v) is 15.3. The Balaban J connectivity index is 1.26. The topological polar surface area (TPSA) is 35.9 Å². The maximum Gasteiger partial charge on any atom is 0.0513 e. The van der Waals surface area contributed by atoms with Crippen molar-refractivity contribution in [1.82, 2.24) is 9.80 Å². The lowest BCUT2D eigenvalue weighted by atomic mass is 9.75. The Morgan fingerprint density at radius 1 is 1.16 bits per heavy atom. The molecule has 4 heteroatoms. The molecule has 0 unspecified atom stereocenters. The van der Waals surface area contributed by atoms with Crippen LogP contribution in [0.1, 0.15) is 24.8 Å². The fourth-order valence-corrected chi connectivity index (χ4v) is 5.06. The molecule has 3 heterocycles. The fourth-order valence-electron chi connectivity index (χ4n) is 5.06. The molecule has 3 aliphatic heterocycles. The van der Waals surface area contributed by atoms with Crippen LogP contribution in [-0.2, 0) is 11.2 Å². The van der Waals surface area contributed by atoms with Gasteiger partial charge in [-0.05, 0) is 44.3 Å². The van der Waals surface area contributed by atoms with Crippen LogP contribution < -0.4 is 0 Å². The van der Waals surface area contributed by atoms with E-state index in [9.17, 15) is 5.11 Å². The first-order chi connectivity index (χ1) is 12.3. The van der Waals surface area contributed by atoms with Crippen LogP contribution in [-0.4, -0.2) is 73.5 Å². The Hall–Kier alpha value is -0.940. The molecule has 0 aliphatic carbocycles. The molecule has 1 aromatic rings. The van der Waals surface area contributed by atoms with E-state index in [1.54, 1.807) is 0 Å². The molecule has 3 aliphatic rings. The zero-order valence-electron chi connectivity index (χ0n) is 15.3. The highest BCUT2D eigenvalue weighted by atomic mass is 16.5. The van der Waals surface area contributed by atoms with Crippen molar-refractivity contribution in [2.24, 2.45) is 11.3 Å². The zero-order chi connectivity index (χ0) is 17.1. The summed E-state index contributed by atoms with van der Waals surface area (Å²) in [6.07, 6.45) is 4.72. The van der Waals surface area contributed by atoms with Gasteiger partial charge in [0.1, 0.15) is 0 Å². The lowest BCUT2D eigenvalue weighted by Crippen LogP contribution is -2.45. The van der Waals surface area contributed by atoms with Gasteiger partial charge in [-0.3, -0.25) is 4.90 Å². The second-order valence-corrected chi connectivity index (χ2v) is 8.28. The molecule has 3 saturated heterocycles. The van der Waals surface area contributed by atoms with Gasteiger partial charge >= 0.3 is 0 Å². The van der Waals surface area contributed by atoms with E-state index in [-0.39, 0.29) is 5.41 Å². The molecule has 2 atom stereocenters. The minimum atomic E-state index is 0.114. The molecule has 0 amide bonds. The molecule has 0 radical (unpaired) electrons. The van der Waals surface area contributed by atoms with Crippen LogP contribution in [0, 0.1) is 11.3 Å². The minimum absolute atomic E-state index is 0.114. The van der Waals surface area contributed by atoms with E-state index < -0.39 is 0 Å². The molecule has 0 saturated carbocycles. The normalized spacial score (nSPS) is 32.0. The van der Waals surface area contributed by atoms with Crippen molar-refractivity contribution >= 4 is 0 Å². The monoisotopic (exact) mass is 344 g/mol. The largest absolute Gasteiger partial charge is 0.396 e. The summed E-state index contributed by atoms with van der Waals surface area (Å²) in [6.45, 7) is 7.78. The number of piperidine rings is 1. The molecule has 0 bridgehead atoms. The maximum atomic E-state index is 10.00. The number of ether oxygens (including phenoxy) is 1. The van der Waals surface area contributed by atoms with Crippen LogP contribution in [0.2, 0.25) is 0 Å². The lowest BCUT2D eigenvalue weighted by molar-refractivity contribution is -0.0419. The predicted octanol–water partition coefficient (Wildman–Crippen LogP) is 2.02. The summed E-state index contributed by atoms with van der Waals surface area (Å²) >= 11 is 0. The Kier molecular flexibility index (Phi) is 5.41. The van der Waals surface area contributed by atoms with Gasteiger partial charge in [0.05, 0.1) is 13.2 Å². The number of nitrogens with zero attached hydrogens (tertiary/aromatic N) is 2. The van der Waals surface area contributed by atoms with E-state index in [4.69, 9.17) is 4.74 Å². The first-order valence-electron chi connectivity index (χ1n) is 9.98. The summed E-state index contributed by atoms with van der Waals surface area (Å²) in [7, 11) is 0. The number of hydrogen-bond acceptors (Lipinski definition) is 4. The van der Waals surface area contributed by atoms with Crippen molar-refractivity contribution in [2.75, 3.05) is 52.5 Å². The second kappa shape index (κ2) is 7.75. The van der Waals surface area contributed by atoms with Gasteiger partial charge in [0.2, 0.25) is 0 Å². The Bertz CT molecular complexity index is 544. The van der Waals surface area contributed by atoms with Crippen LogP contribution in [0.25, 0.3) is 0 Å². The second-order valence-electron chi connectivity index (χ2n) is 8.28. The molecular formula is C21H32N2O2. The molecule has 4 rings (SSSR count). The molecule has 1 N–H and O–H groups in total. The number of rotatable bonds is 5. The average molecular weight is 344 g/mol. The van der Waals surface area contributed by atoms with Crippen LogP contribution >= 0.6 is 0 Å². The van der Waals surface area contributed by atoms with E-state index in [0.717, 1.165) is 39.1 Å². The third kappa shape index (κ3) is 3.77. The number of fused-ring (bicyclic) bond motifs is 1. The third-order valence-electron chi connectivity index (χ3n) is 6.85. The van der Waals surface area contributed by atoms with Crippen LogP contribution in [0.4, 0.5) is 0 Å². The van der Waals surface area contributed by atoms with E-state index >= 15 is 0 Å². The van der Waals surface area contributed by atoms with Gasteiger partial charge in [0.25, 0.3) is 0 Å². The summed E-state index contributed by atoms with van der Waals surface area (Å²) in [4.78, 5) is 5.29. The van der Waals surface area contributed by atoms with Crippen LogP contribution in [0.5, 0.6) is 0 Å². The molecule has 4 nitrogen and oxygen atoms in total. The van der Waals surface area contributed by atoms with Gasteiger partial charge in [-0.25, -0.2) is 0 Å². The van der Waals surface area contributed by atoms with Crippen LogP contribution in [0.3, 0.4) is 0 Å². The van der Waals surface area contributed by atoms with Gasteiger partial charge in [-0.15, -0.1) is 0 Å². The van der Waals surface area contributed by atoms with Crippen molar-refractivity contribution in [2.45, 2.75) is 31.7 Å². The summed E-state index contributed by atoms with van der Waals surface area (Å²) in [5.74, 6) is 0.530. The Morgan fingerprint density at radius 3 is 2.68 bits per heavy atom. The summed E-state index contributed by atoms with van der Waals surface area (Å²) in [6, 6.07) is 11.5. The highest BCUT2D eigenvalue weighted by molar-refractivity contribution is 5.14. The lowest BCUT2D eigenvalue weighted by Gasteiger charge is -2.38. The molecule has 0 spiro atoms. The summed E-state index contributed by atoms with van der Waals surface area (Å²) in [5, 5.41) is 10.00. The van der Waals surface area contributed by atoms with Crippen molar-refractivity contribution in [3.63, 3.8) is 0 Å². The third-order valence-corrected chi connectivity index (χ3v) is 6.85. The number of aliphatic hydroxyl groups excluding tert-OH is 1. The van der Waals surface area contributed by atoms with E-state index in [1.807, 2.05) is 0 Å². The van der Waals surface area contributed by atoms with Crippen LogP contribution in [0.15, 0.2) is 30.3 Å². The molecule has 3 fully saturated rings. The summed E-state index contributed by atoms with van der Waals surface area (Å²) < 4.78 is 5.69. The first-order valence-corrected chi connectivity index (χ1v) is 9.98. The molecule has 138 valence electrons. The van der Waals surface area contributed by atoms with Gasteiger partial charge in [-0.2, -0.15) is 0 Å². The number of benzene rings is 1. The van der Waals surface area contributed by atoms with Crippen molar-refractivity contribution < 1.29 is 9.84 Å². The molecular weight excluding hydrogens is 312 g/mol. The first kappa shape index (κ1) is 17.5. The van der Waals surface area contributed by atoms with Gasteiger partial charge in [-0.1, -0.05) is 30.3 Å². The quantitative estimate of drug-likeness (QED) is 0.887. The van der Waals surface area contributed by atoms with Gasteiger partial charge in [0, 0.05) is 43.6 Å². The number of aliphatic hydroxyl groups is 1. The van der Waals surface area contributed by atoms with E-state index in [0.29, 0.717) is 18.6 Å². The van der Waals surface area contributed by atoms with E-state index in [1.165, 1.54) is 38.0 Å².